The number of aliphatic hydroxyl groups is 1. The molecular weight excluding hydrogens is 220 g/mol. The van der Waals surface area contributed by atoms with Crippen molar-refractivity contribution in [1.29, 1.82) is 0 Å². The molecule has 3 heteroatoms. The average Bonchev–Trinajstić information content (AvgIpc) is 2.27. The van der Waals surface area contributed by atoms with Crippen molar-refractivity contribution in [2.45, 2.75) is 31.2 Å². The second-order valence-corrected chi connectivity index (χ2v) is 5.52. The summed E-state index contributed by atoms with van der Waals surface area (Å²) in [5.41, 5.74) is -0.212. The number of aliphatic hydroxyl groups excluding tert-OH is 1. The van der Waals surface area contributed by atoms with Crippen LogP contribution < -0.4 is 0 Å². The highest BCUT2D eigenvalue weighted by Crippen LogP contribution is 2.57. The van der Waals surface area contributed by atoms with E-state index in [0.717, 1.165) is 0 Å². The first kappa shape index (κ1) is 8.70. The van der Waals surface area contributed by atoms with Crippen LogP contribution in [0, 0.1) is 17.3 Å². The van der Waals surface area contributed by atoms with Crippen molar-refractivity contribution in [2.24, 2.45) is 17.3 Å². The molecular formula is C9H13BrO2. The zero-order chi connectivity index (χ0) is 9.09. The van der Waals surface area contributed by atoms with Crippen molar-refractivity contribution in [3.63, 3.8) is 0 Å². The van der Waals surface area contributed by atoms with Gasteiger partial charge in [0.2, 0.25) is 0 Å². The maximum absolute atomic E-state index is 11.5. The third-order valence-electron chi connectivity index (χ3n) is 3.44. The van der Waals surface area contributed by atoms with Gasteiger partial charge in [0.1, 0.15) is 5.78 Å². The smallest absolute Gasteiger partial charge is 0.142 e. The van der Waals surface area contributed by atoms with Gasteiger partial charge in [-0.25, -0.2) is 0 Å². The maximum atomic E-state index is 11.5. The predicted octanol–water partition coefficient (Wildman–Crippen LogP) is 1.36. The molecule has 0 aliphatic heterocycles. The zero-order valence-electron chi connectivity index (χ0n) is 7.25. The molecule has 0 aromatic rings. The van der Waals surface area contributed by atoms with E-state index in [1.807, 2.05) is 13.8 Å². The second kappa shape index (κ2) is 2.32. The van der Waals surface area contributed by atoms with Crippen molar-refractivity contribution in [3.8, 4) is 0 Å². The van der Waals surface area contributed by atoms with Crippen molar-refractivity contribution in [2.75, 3.05) is 0 Å². The number of fused-ring (bicyclic) bond motifs is 1. The lowest BCUT2D eigenvalue weighted by Gasteiger charge is -2.47. The molecule has 0 heterocycles. The highest BCUT2D eigenvalue weighted by molar-refractivity contribution is 9.09. The maximum Gasteiger partial charge on any atom is 0.142 e. The first-order chi connectivity index (χ1) is 5.46. The molecule has 2 rings (SSSR count). The van der Waals surface area contributed by atoms with Crippen molar-refractivity contribution in [1.82, 2.24) is 0 Å². The molecule has 4 atom stereocenters. The predicted molar refractivity (Wildman–Crippen MR) is 49.1 cm³/mol. The highest BCUT2D eigenvalue weighted by Gasteiger charge is 2.63. The summed E-state index contributed by atoms with van der Waals surface area (Å²) in [5.74, 6) is 0.799. The fourth-order valence-corrected chi connectivity index (χ4v) is 3.96. The number of carbonyl (C=O) groups excluding carboxylic acids is 1. The van der Waals surface area contributed by atoms with E-state index in [1.54, 1.807) is 0 Å². The fraction of sp³-hybridized carbons (Fsp3) is 0.889. The zero-order valence-corrected chi connectivity index (χ0v) is 8.84. The van der Waals surface area contributed by atoms with Crippen molar-refractivity contribution < 1.29 is 9.90 Å². The fourth-order valence-electron chi connectivity index (χ4n) is 2.72. The van der Waals surface area contributed by atoms with Crippen molar-refractivity contribution >= 4 is 21.7 Å². The Labute approximate surface area is 80.5 Å². The summed E-state index contributed by atoms with van der Waals surface area (Å²) in [6, 6.07) is 0. The van der Waals surface area contributed by atoms with E-state index < -0.39 is 0 Å². The minimum atomic E-state index is -0.328. The van der Waals surface area contributed by atoms with Gasteiger partial charge >= 0.3 is 0 Å². The van der Waals surface area contributed by atoms with Gasteiger partial charge in [-0.1, -0.05) is 29.8 Å². The molecule has 2 nitrogen and oxygen atoms in total. The lowest BCUT2D eigenvalue weighted by atomic mass is 9.56. The molecule has 2 aliphatic carbocycles. The van der Waals surface area contributed by atoms with Crippen LogP contribution in [0.2, 0.25) is 0 Å². The lowest BCUT2D eigenvalue weighted by Crippen LogP contribution is -2.54. The third kappa shape index (κ3) is 0.814. The van der Waals surface area contributed by atoms with Gasteiger partial charge in [-0.3, -0.25) is 4.79 Å². The second-order valence-electron chi connectivity index (χ2n) is 4.47. The standard InChI is InChI=1S/C9H13BrO2/c1-9(2)6-4(8(9)12)3-5(11)7(6)10/h4-7,11H,3H2,1-2H3/t4?,5-,6?,7+/m1/s1. The van der Waals surface area contributed by atoms with Crippen molar-refractivity contribution in [3.05, 3.63) is 0 Å². The van der Waals surface area contributed by atoms with Gasteiger partial charge in [0.05, 0.1) is 6.10 Å². The Hall–Kier alpha value is 0.110. The molecule has 2 fully saturated rings. The number of rotatable bonds is 0. The van der Waals surface area contributed by atoms with E-state index in [2.05, 4.69) is 15.9 Å². The Morgan fingerprint density at radius 2 is 2.17 bits per heavy atom. The Bertz CT molecular complexity index is 237. The van der Waals surface area contributed by atoms with E-state index in [0.29, 0.717) is 18.1 Å². The molecule has 0 amide bonds. The van der Waals surface area contributed by atoms with E-state index >= 15 is 0 Å². The molecule has 2 unspecified atom stereocenters. The van der Waals surface area contributed by atoms with Crippen LogP contribution in [0.5, 0.6) is 0 Å². The minimum Gasteiger partial charge on any atom is -0.392 e. The highest BCUT2D eigenvalue weighted by atomic mass is 79.9. The van der Waals surface area contributed by atoms with E-state index in [-0.39, 0.29) is 22.3 Å². The van der Waals surface area contributed by atoms with E-state index in [4.69, 9.17) is 0 Å². The van der Waals surface area contributed by atoms with Crippen LogP contribution in [0.15, 0.2) is 0 Å². The van der Waals surface area contributed by atoms with Gasteiger partial charge in [0.25, 0.3) is 0 Å². The van der Waals surface area contributed by atoms with Crippen LogP contribution in [0.1, 0.15) is 20.3 Å². The van der Waals surface area contributed by atoms with E-state index in [1.165, 1.54) is 0 Å². The summed E-state index contributed by atoms with van der Waals surface area (Å²) < 4.78 is 0. The quantitative estimate of drug-likeness (QED) is 0.641. The molecule has 0 aromatic heterocycles. The molecule has 2 saturated carbocycles. The molecule has 68 valence electrons. The molecule has 0 bridgehead atoms. The van der Waals surface area contributed by atoms with Gasteiger partial charge in [0, 0.05) is 16.2 Å². The number of halogens is 1. The minimum absolute atomic E-state index is 0.121. The van der Waals surface area contributed by atoms with Gasteiger partial charge < -0.3 is 5.11 Å². The normalized spacial score (nSPS) is 50.2. The first-order valence-corrected chi connectivity index (χ1v) is 5.24. The summed E-state index contributed by atoms with van der Waals surface area (Å²) in [6.07, 6.45) is 0.328. The number of hydrogen-bond donors (Lipinski definition) is 1. The lowest BCUT2D eigenvalue weighted by molar-refractivity contribution is -0.150. The van der Waals surface area contributed by atoms with Gasteiger partial charge in [-0.15, -0.1) is 0 Å². The van der Waals surface area contributed by atoms with Crippen LogP contribution in [0.25, 0.3) is 0 Å². The molecule has 12 heavy (non-hydrogen) atoms. The molecule has 0 spiro atoms. The third-order valence-corrected chi connectivity index (χ3v) is 4.62. The van der Waals surface area contributed by atoms with Crippen LogP contribution in [-0.4, -0.2) is 21.8 Å². The topological polar surface area (TPSA) is 37.3 Å². The Kier molecular flexibility index (Phi) is 1.68. The molecule has 0 saturated heterocycles. The number of Topliss-reactive ketones (excluding diaryl/α,β-unsaturated/α-hetero) is 1. The van der Waals surface area contributed by atoms with Gasteiger partial charge in [-0.2, -0.15) is 0 Å². The Morgan fingerprint density at radius 3 is 2.67 bits per heavy atom. The summed E-state index contributed by atoms with van der Waals surface area (Å²) in [5, 5.41) is 9.53. The van der Waals surface area contributed by atoms with Gasteiger partial charge in [-0.05, 0) is 12.3 Å². The largest absolute Gasteiger partial charge is 0.392 e. The number of carbonyl (C=O) groups is 1. The summed E-state index contributed by atoms with van der Waals surface area (Å²) in [6.45, 7) is 3.95. The van der Waals surface area contributed by atoms with Crippen LogP contribution in [0.3, 0.4) is 0 Å². The number of alkyl halides is 1. The molecule has 0 aromatic carbocycles. The summed E-state index contributed by atoms with van der Waals surface area (Å²) in [7, 11) is 0. The molecule has 1 N–H and O–H groups in total. The summed E-state index contributed by atoms with van der Waals surface area (Å²) >= 11 is 3.46. The number of hydrogen-bond acceptors (Lipinski definition) is 2. The Morgan fingerprint density at radius 1 is 1.58 bits per heavy atom. The van der Waals surface area contributed by atoms with E-state index in [9.17, 15) is 9.90 Å². The first-order valence-electron chi connectivity index (χ1n) is 4.32. The summed E-state index contributed by atoms with van der Waals surface area (Å²) in [4.78, 5) is 11.6. The van der Waals surface area contributed by atoms with Crippen LogP contribution in [-0.2, 0) is 4.79 Å². The number of ketones is 1. The van der Waals surface area contributed by atoms with Crippen LogP contribution in [0.4, 0.5) is 0 Å². The van der Waals surface area contributed by atoms with Gasteiger partial charge in [0.15, 0.2) is 0 Å². The van der Waals surface area contributed by atoms with Crippen LogP contribution >= 0.6 is 15.9 Å². The monoisotopic (exact) mass is 232 g/mol. The Balaban J connectivity index is 2.26. The SMILES string of the molecule is CC1(C)C(=O)C2C[C@@H](O)[C@H](Br)C21. The molecule has 0 radical (unpaired) electrons. The molecule has 2 aliphatic rings. The average molecular weight is 233 g/mol.